The van der Waals surface area contributed by atoms with Crippen molar-refractivity contribution in [3.05, 3.63) is 81.9 Å². The second-order valence-electron chi connectivity index (χ2n) is 7.00. The molecule has 0 aliphatic rings. The second kappa shape index (κ2) is 7.64. The molecule has 0 unspecified atom stereocenters. The van der Waals surface area contributed by atoms with Crippen LogP contribution in [0.25, 0.3) is 16.7 Å². The van der Waals surface area contributed by atoms with Crippen LogP contribution < -0.4 is 5.32 Å². The molecule has 0 saturated heterocycles. The van der Waals surface area contributed by atoms with E-state index in [4.69, 9.17) is 11.6 Å². The summed E-state index contributed by atoms with van der Waals surface area (Å²) >= 11 is 6.06. The quantitative estimate of drug-likeness (QED) is 0.548. The topological polar surface area (TPSA) is 72.7 Å². The summed E-state index contributed by atoms with van der Waals surface area (Å²) in [5.41, 5.74) is 4.89. The molecule has 1 N–H and O–H groups in total. The van der Waals surface area contributed by atoms with E-state index < -0.39 is 0 Å². The Balaban J connectivity index is 1.49. The average Bonchev–Trinajstić information content (AvgIpc) is 3.04. The summed E-state index contributed by atoms with van der Waals surface area (Å²) < 4.78 is 1.80. The molecule has 0 radical (unpaired) electrons. The highest BCUT2D eigenvalue weighted by molar-refractivity contribution is 6.31. The SMILES string of the molecule is Cc1cc(C)n(-c2ccc(CNC(=O)c3cc4cc(Cl)ccc4nc3C)cn2)n1. The summed E-state index contributed by atoms with van der Waals surface area (Å²) in [6.45, 7) is 6.14. The molecule has 1 amide bonds. The van der Waals surface area contributed by atoms with Gasteiger partial charge >= 0.3 is 0 Å². The van der Waals surface area contributed by atoms with E-state index in [1.165, 1.54) is 0 Å². The third-order valence-corrected chi connectivity index (χ3v) is 4.94. The molecule has 0 atom stereocenters. The van der Waals surface area contributed by atoms with Gasteiger partial charge in [-0.3, -0.25) is 9.78 Å². The van der Waals surface area contributed by atoms with Crippen molar-refractivity contribution < 1.29 is 4.79 Å². The number of hydrogen-bond donors (Lipinski definition) is 1. The number of hydrogen-bond acceptors (Lipinski definition) is 4. The monoisotopic (exact) mass is 405 g/mol. The zero-order valence-electron chi connectivity index (χ0n) is 16.4. The molecule has 0 aliphatic heterocycles. The predicted molar refractivity (Wildman–Crippen MR) is 113 cm³/mol. The maximum absolute atomic E-state index is 12.7. The summed E-state index contributed by atoms with van der Waals surface area (Å²) in [4.78, 5) is 21.7. The fourth-order valence-corrected chi connectivity index (χ4v) is 3.44. The Morgan fingerprint density at radius 2 is 1.93 bits per heavy atom. The van der Waals surface area contributed by atoms with Gasteiger partial charge in [-0.2, -0.15) is 5.10 Å². The van der Waals surface area contributed by atoms with Crippen molar-refractivity contribution in [1.29, 1.82) is 0 Å². The molecule has 29 heavy (non-hydrogen) atoms. The Hall–Kier alpha value is -3.25. The molecule has 4 rings (SSSR count). The van der Waals surface area contributed by atoms with Crippen molar-refractivity contribution in [2.75, 3.05) is 0 Å². The third kappa shape index (κ3) is 3.98. The van der Waals surface area contributed by atoms with E-state index >= 15 is 0 Å². The number of carbonyl (C=O) groups excluding carboxylic acids is 1. The van der Waals surface area contributed by atoms with Crippen molar-refractivity contribution in [3.8, 4) is 5.82 Å². The molecule has 0 spiro atoms. The lowest BCUT2D eigenvalue weighted by Gasteiger charge is -2.10. The summed E-state index contributed by atoms with van der Waals surface area (Å²) in [6.07, 6.45) is 1.75. The number of aryl methyl sites for hydroxylation is 3. The standard InChI is InChI=1S/C22H20ClN5O/c1-13-8-14(2)28(27-13)21-7-4-16(11-24-21)12-25-22(29)19-10-17-9-18(23)5-6-20(17)26-15(19)3/h4-11H,12H2,1-3H3,(H,25,29). The lowest BCUT2D eigenvalue weighted by Crippen LogP contribution is -2.24. The van der Waals surface area contributed by atoms with Gasteiger partial charge in [-0.15, -0.1) is 0 Å². The summed E-state index contributed by atoms with van der Waals surface area (Å²) in [5, 5.41) is 8.82. The van der Waals surface area contributed by atoms with Crippen molar-refractivity contribution in [1.82, 2.24) is 25.1 Å². The van der Waals surface area contributed by atoms with E-state index in [1.807, 2.05) is 57.2 Å². The third-order valence-electron chi connectivity index (χ3n) is 4.70. The van der Waals surface area contributed by atoms with Gasteiger partial charge in [0.1, 0.15) is 0 Å². The molecule has 6 nitrogen and oxygen atoms in total. The molecule has 7 heteroatoms. The summed E-state index contributed by atoms with van der Waals surface area (Å²) in [5.74, 6) is 0.566. The van der Waals surface area contributed by atoms with Gasteiger partial charge in [0.15, 0.2) is 5.82 Å². The van der Waals surface area contributed by atoms with Gasteiger partial charge in [-0.05, 0) is 62.7 Å². The molecule has 0 fully saturated rings. The first-order valence-electron chi connectivity index (χ1n) is 9.24. The number of pyridine rings is 2. The number of nitrogens with one attached hydrogen (secondary N) is 1. The molecule has 0 bridgehead atoms. The lowest BCUT2D eigenvalue weighted by molar-refractivity contribution is 0.0950. The van der Waals surface area contributed by atoms with Gasteiger partial charge in [0, 0.05) is 28.8 Å². The number of halogens is 1. The van der Waals surface area contributed by atoms with Crippen LogP contribution in [-0.2, 0) is 6.54 Å². The van der Waals surface area contributed by atoms with Crippen LogP contribution in [0.3, 0.4) is 0 Å². The first-order chi connectivity index (χ1) is 13.9. The van der Waals surface area contributed by atoms with E-state index in [0.717, 1.165) is 33.7 Å². The number of nitrogens with zero attached hydrogens (tertiary/aromatic N) is 4. The van der Waals surface area contributed by atoms with Gasteiger partial charge in [-0.25, -0.2) is 9.67 Å². The van der Waals surface area contributed by atoms with E-state index in [1.54, 1.807) is 16.9 Å². The summed E-state index contributed by atoms with van der Waals surface area (Å²) in [7, 11) is 0. The molecule has 146 valence electrons. The maximum Gasteiger partial charge on any atom is 0.253 e. The fraction of sp³-hybridized carbons (Fsp3) is 0.182. The Morgan fingerprint density at radius 1 is 1.10 bits per heavy atom. The molecule has 0 saturated carbocycles. The number of amides is 1. The Labute approximate surface area is 173 Å². The van der Waals surface area contributed by atoms with E-state index in [0.29, 0.717) is 22.8 Å². The van der Waals surface area contributed by atoms with Crippen LogP contribution in [0.5, 0.6) is 0 Å². The van der Waals surface area contributed by atoms with Crippen molar-refractivity contribution >= 4 is 28.4 Å². The zero-order valence-corrected chi connectivity index (χ0v) is 17.2. The van der Waals surface area contributed by atoms with Crippen LogP contribution >= 0.6 is 11.6 Å². The van der Waals surface area contributed by atoms with Gasteiger partial charge in [0.25, 0.3) is 5.91 Å². The molecular weight excluding hydrogens is 386 g/mol. The molecular formula is C22H20ClN5O. The van der Waals surface area contributed by atoms with E-state index in [-0.39, 0.29) is 5.91 Å². The van der Waals surface area contributed by atoms with Crippen LogP contribution in [0.2, 0.25) is 5.02 Å². The minimum atomic E-state index is -0.181. The predicted octanol–water partition coefficient (Wildman–Crippen LogP) is 4.32. The van der Waals surface area contributed by atoms with Gasteiger partial charge in [-0.1, -0.05) is 17.7 Å². The molecule has 1 aromatic carbocycles. The molecule has 3 aromatic heterocycles. The number of rotatable bonds is 4. The largest absolute Gasteiger partial charge is 0.348 e. The minimum Gasteiger partial charge on any atom is -0.348 e. The second-order valence-corrected chi connectivity index (χ2v) is 7.44. The van der Waals surface area contributed by atoms with Crippen LogP contribution in [0, 0.1) is 20.8 Å². The van der Waals surface area contributed by atoms with Gasteiger partial charge in [0.05, 0.1) is 22.5 Å². The normalized spacial score (nSPS) is 11.0. The van der Waals surface area contributed by atoms with Gasteiger partial charge in [0.2, 0.25) is 0 Å². The van der Waals surface area contributed by atoms with Crippen molar-refractivity contribution in [3.63, 3.8) is 0 Å². The van der Waals surface area contributed by atoms with Gasteiger partial charge < -0.3 is 5.32 Å². The highest BCUT2D eigenvalue weighted by Gasteiger charge is 2.12. The summed E-state index contributed by atoms with van der Waals surface area (Å²) in [6, 6.07) is 13.1. The lowest BCUT2D eigenvalue weighted by atomic mass is 10.1. The Kier molecular flexibility index (Phi) is 5.03. The van der Waals surface area contributed by atoms with Crippen LogP contribution in [-0.4, -0.2) is 25.7 Å². The van der Waals surface area contributed by atoms with Crippen molar-refractivity contribution in [2.45, 2.75) is 27.3 Å². The zero-order chi connectivity index (χ0) is 20.5. The fourth-order valence-electron chi connectivity index (χ4n) is 3.26. The molecule has 4 aromatic rings. The smallest absolute Gasteiger partial charge is 0.253 e. The molecule has 0 aliphatic carbocycles. The number of aromatic nitrogens is 4. The Bertz CT molecular complexity index is 1210. The first kappa shape index (κ1) is 19.1. The Morgan fingerprint density at radius 3 is 2.62 bits per heavy atom. The number of fused-ring (bicyclic) bond motifs is 1. The first-order valence-corrected chi connectivity index (χ1v) is 9.62. The van der Waals surface area contributed by atoms with E-state index in [2.05, 4.69) is 20.4 Å². The molecule has 3 heterocycles. The van der Waals surface area contributed by atoms with E-state index in [9.17, 15) is 4.79 Å². The van der Waals surface area contributed by atoms with Crippen molar-refractivity contribution in [2.24, 2.45) is 0 Å². The average molecular weight is 406 g/mol. The number of benzene rings is 1. The highest BCUT2D eigenvalue weighted by atomic mass is 35.5. The highest BCUT2D eigenvalue weighted by Crippen LogP contribution is 2.21. The van der Waals surface area contributed by atoms with Crippen LogP contribution in [0.4, 0.5) is 0 Å². The maximum atomic E-state index is 12.7. The van der Waals surface area contributed by atoms with Crippen LogP contribution in [0.1, 0.15) is 33.0 Å². The number of carbonyl (C=O) groups is 1. The van der Waals surface area contributed by atoms with Crippen LogP contribution in [0.15, 0.2) is 48.7 Å². The minimum absolute atomic E-state index is 0.181.